The number of aromatic nitrogens is 2. The van der Waals surface area contributed by atoms with E-state index in [1.54, 1.807) is 23.9 Å². The van der Waals surface area contributed by atoms with Gasteiger partial charge in [0, 0.05) is 35.8 Å². The molecule has 1 saturated heterocycles. The Morgan fingerprint density at radius 3 is 3.00 bits per heavy atom. The molecule has 104 valence electrons. The topological polar surface area (TPSA) is 46.1 Å². The largest absolute Gasteiger partial charge is 0.337 e. The highest BCUT2D eigenvalue weighted by Gasteiger charge is 2.26. The zero-order chi connectivity index (χ0) is 13.9. The lowest BCUT2D eigenvalue weighted by Crippen LogP contribution is -2.39. The summed E-state index contributed by atoms with van der Waals surface area (Å²) < 4.78 is 0. The van der Waals surface area contributed by atoms with E-state index in [0.717, 1.165) is 36.5 Å². The minimum Gasteiger partial charge on any atom is -0.337 e. The van der Waals surface area contributed by atoms with Crippen LogP contribution < -0.4 is 0 Å². The Hall–Kier alpha value is -1.75. The second-order valence-corrected chi connectivity index (χ2v) is 6.42. The van der Waals surface area contributed by atoms with Crippen molar-refractivity contribution in [2.45, 2.75) is 25.7 Å². The molecule has 20 heavy (non-hydrogen) atoms. The Morgan fingerprint density at radius 2 is 2.30 bits per heavy atom. The second-order valence-electron chi connectivity index (χ2n) is 5.13. The fraction of sp³-hybridized carbons (Fsp3) is 0.400. The van der Waals surface area contributed by atoms with Crippen LogP contribution in [0.2, 0.25) is 0 Å². The maximum absolute atomic E-state index is 12.5. The smallest absolute Gasteiger partial charge is 0.263 e. The summed E-state index contributed by atoms with van der Waals surface area (Å²) in [4.78, 5) is 24.8. The van der Waals surface area contributed by atoms with Gasteiger partial charge in [-0.2, -0.15) is 0 Å². The van der Waals surface area contributed by atoms with Crippen molar-refractivity contribution in [2.24, 2.45) is 0 Å². The van der Waals surface area contributed by atoms with E-state index >= 15 is 0 Å². The molecule has 4 nitrogen and oxygen atoms in total. The zero-order valence-corrected chi connectivity index (χ0v) is 12.3. The van der Waals surface area contributed by atoms with Gasteiger partial charge in [0.05, 0.1) is 4.88 Å². The minimum absolute atomic E-state index is 0.154. The summed E-state index contributed by atoms with van der Waals surface area (Å²) in [7, 11) is 0. The fourth-order valence-electron chi connectivity index (χ4n) is 2.65. The van der Waals surface area contributed by atoms with E-state index in [1.165, 1.54) is 4.88 Å². The average molecular weight is 287 g/mol. The van der Waals surface area contributed by atoms with Gasteiger partial charge < -0.3 is 4.90 Å². The van der Waals surface area contributed by atoms with Gasteiger partial charge in [-0.1, -0.05) is 0 Å². The van der Waals surface area contributed by atoms with Gasteiger partial charge in [-0.15, -0.1) is 11.3 Å². The Labute approximate surface area is 122 Å². The molecular formula is C15H17N3OS. The maximum atomic E-state index is 12.5. The zero-order valence-electron chi connectivity index (χ0n) is 11.5. The third-order valence-corrected chi connectivity index (χ3v) is 4.67. The highest BCUT2D eigenvalue weighted by atomic mass is 32.1. The van der Waals surface area contributed by atoms with Crippen molar-refractivity contribution in [1.29, 1.82) is 0 Å². The van der Waals surface area contributed by atoms with Crippen LogP contribution in [0.3, 0.4) is 0 Å². The van der Waals surface area contributed by atoms with E-state index in [9.17, 15) is 4.79 Å². The number of rotatable bonds is 2. The molecule has 1 amide bonds. The van der Waals surface area contributed by atoms with Gasteiger partial charge in [-0.25, -0.2) is 9.97 Å². The summed E-state index contributed by atoms with van der Waals surface area (Å²) in [6, 6.07) is 5.88. The van der Waals surface area contributed by atoms with Crippen LogP contribution in [0, 0.1) is 6.92 Å². The number of nitrogens with zero attached hydrogens (tertiary/aromatic N) is 3. The van der Waals surface area contributed by atoms with Gasteiger partial charge >= 0.3 is 0 Å². The Balaban J connectivity index is 1.74. The molecule has 3 rings (SSSR count). The van der Waals surface area contributed by atoms with Crippen molar-refractivity contribution in [1.82, 2.24) is 14.9 Å². The number of thiophene rings is 1. The molecule has 0 aliphatic carbocycles. The van der Waals surface area contributed by atoms with Gasteiger partial charge in [0.15, 0.2) is 0 Å². The van der Waals surface area contributed by atoms with E-state index in [2.05, 4.69) is 9.97 Å². The van der Waals surface area contributed by atoms with Crippen LogP contribution in [-0.2, 0) is 0 Å². The molecule has 1 aliphatic heterocycles. The van der Waals surface area contributed by atoms with Crippen molar-refractivity contribution in [2.75, 3.05) is 13.1 Å². The number of amides is 1. The Kier molecular flexibility index (Phi) is 3.78. The van der Waals surface area contributed by atoms with Crippen LogP contribution in [0.15, 0.2) is 30.7 Å². The molecule has 1 unspecified atom stereocenters. The van der Waals surface area contributed by atoms with Crippen LogP contribution in [0.25, 0.3) is 0 Å². The second kappa shape index (κ2) is 5.71. The quantitative estimate of drug-likeness (QED) is 0.853. The predicted molar refractivity (Wildman–Crippen MR) is 79.0 cm³/mol. The van der Waals surface area contributed by atoms with Crippen molar-refractivity contribution >= 4 is 17.2 Å². The molecule has 0 N–H and O–H groups in total. The number of carbonyl (C=O) groups excluding carboxylic acids is 1. The first kappa shape index (κ1) is 13.2. The molecule has 1 fully saturated rings. The molecule has 2 aromatic heterocycles. The molecule has 2 aromatic rings. The molecule has 0 bridgehead atoms. The molecule has 0 radical (unpaired) electrons. The number of aryl methyl sites for hydroxylation is 1. The molecule has 1 atom stereocenters. The molecule has 5 heteroatoms. The highest BCUT2D eigenvalue weighted by molar-refractivity contribution is 7.13. The fourth-order valence-corrected chi connectivity index (χ4v) is 3.49. The number of likely N-dealkylation sites (tertiary alicyclic amines) is 1. The number of piperidine rings is 1. The average Bonchev–Trinajstić information content (AvgIpc) is 2.94. The number of hydrogen-bond acceptors (Lipinski definition) is 4. The van der Waals surface area contributed by atoms with E-state index < -0.39 is 0 Å². The van der Waals surface area contributed by atoms with Crippen LogP contribution in [0.1, 0.15) is 39.0 Å². The van der Waals surface area contributed by atoms with Crippen molar-refractivity contribution in [3.8, 4) is 0 Å². The first-order valence-corrected chi connectivity index (χ1v) is 7.67. The van der Waals surface area contributed by atoms with Gasteiger partial charge in [0.1, 0.15) is 6.33 Å². The summed E-state index contributed by atoms with van der Waals surface area (Å²) in [5.74, 6) is 0.485. The first-order chi connectivity index (χ1) is 9.74. The van der Waals surface area contributed by atoms with E-state index in [0.29, 0.717) is 5.92 Å². The summed E-state index contributed by atoms with van der Waals surface area (Å²) in [6.45, 7) is 3.63. The van der Waals surface area contributed by atoms with Gasteiger partial charge in [0.25, 0.3) is 5.91 Å². The lowest BCUT2D eigenvalue weighted by atomic mass is 9.94. The van der Waals surface area contributed by atoms with Crippen molar-refractivity contribution < 1.29 is 4.79 Å². The summed E-state index contributed by atoms with van der Waals surface area (Å²) in [5.41, 5.74) is 1.04. The molecule has 0 spiro atoms. The molecule has 1 aliphatic rings. The minimum atomic E-state index is 0.154. The number of carbonyl (C=O) groups is 1. The monoisotopic (exact) mass is 287 g/mol. The summed E-state index contributed by atoms with van der Waals surface area (Å²) >= 11 is 1.57. The SMILES string of the molecule is Cc1ccc(C(=O)N2CCCC(c3ccncn3)C2)s1. The van der Waals surface area contributed by atoms with Crippen LogP contribution in [-0.4, -0.2) is 33.9 Å². The Bertz CT molecular complexity index is 596. The molecule has 0 saturated carbocycles. The first-order valence-electron chi connectivity index (χ1n) is 6.85. The third kappa shape index (κ3) is 2.72. The lowest BCUT2D eigenvalue weighted by molar-refractivity contribution is 0.0711. The third-order valence-electron chi connectivity index (χ3n) is 3.68. The molecule has 3 heterocycles. The van der Waals surface area contributed by atoms with Crippen molar-refractivity contribution in [3.05, 3.63) is 46.2 Å². The maximum Gasteiger partial charge on any atom is 0.263 e. The molecular weight excluding hydrogens is 270 g/mol. The van der Waals surface area contributed by atoms with Crippen molar-refractivity contribution in [3.63, 3.8) is 0 Å². The summed E-state index contributed by atoms with van der Waals surface area (Å²) in [5, 5.41) is 0. The van der Waals surface area contributed by atoms with Crippen LogP contribution >= 0.6 is 11.3 Å². The van der Waals surface area contributed by atoms with E-state index in [4.69, 9.17) is 0 Å². The Morgan fingerprint density at radius 1 is 1.40 bits per heavy atom. The normalized spacial score (nSPS) is 19.1. The standard InChI is InChI=1S/C15H17N3OS/c1-11-4-5-14(20-11)15(19)18-8-2-3-12(9-18)13-6-7-16-10-17-13/h4-7,10,12H,2-3,8-9H2,1H3. The lowest BCUT2D eigenvalue weighted by Gasteiger charge is -2.32. The summed E-state index contributed by atoms with van der Waals surface area (Å²) in [6.07, 6.45) is 5.47. The van der Waals surface area contributed by atoms with Gasteiger partial charge in [0.2, 0.25) is 0 Å². The predicted octanol–water partition coefficient (Wildman–Crippen LogP) is 2.87. The van der Waals surface area contributed by atoms with E-state index in [1.807, 2.05) is 30.0 Å². The number of hydrogen-bond donors (Lipinski definition) is 0. The van der Waals surface area contributed by atoms with Crippen LogP contribution in [0.5, 0.6) is 0 Å². The van der Waals surface area contributed by atoms with Gasteiger partial charge in [-0.3, -0.25) is 4.79 Å². The molecule has 0 aromatic carbocycles. The van der Waals surface area contributed by atoms with Gasteiger partial charge in [-0.05, 0) is 38.0 Å². The van der Waals surface area contributed by atoms with E-state index in [-0.39, 0.29) is 5.91 Å². The highest BCUT2D eigenvalue weighted by Crippen LogP contribution is 2.27. The van der Waals surface area contributed by atoms with Crippen LogP contribution in [0.4, 0.5) is 0 Å².